The normalized spacial score (nSPS) is 14.0. The third-order valence-corrected chi connectivity index (χ3v) is 8.27. The fourth-order valence-corrected chi connectivity index (χ4v) is 6.24. The van der Waals surface area contributed by atoms with E-state index in [1.165, 1.54) is 4.31 Å². The van der Waals surface area contributed by atoms with Crippen LogP contribution in [0, 0.1) is 6.92 Å². The quantitative estimate of drug-likeness (QED) is 0.608. The van der Waals surface area contributed by atoms with Crippen molar-refractivity contribution in [3.8, 4) is 11.3 Å². The number of aromatic amines is 1. The maximum Gasteiger partial charge on any atom is 0.267 e. The van der Waals surface area contributed by atoms with E-state index in [0.29, 0.717) is 23.4 Å². The molecule has 168 valence electrons. The Morgan fingerprint density at radius 1 is 1.03 bits per heavy atom. The van der Waals surface area contributed by atoms with Crippen molar-refractivity contribution in [3.63, 3.8) is 0 Å². The van der Waals surface area contributed by atoms with Gasteiger partial charge in [-0.15, -0.1) is 0 Å². The largest absolute Gasteiger partial charge is 0.268 e. The number of rotatable bonds is 6. The summed E-state index contributed by atoms with van der Waals surface area (Å²) in [5.41, 5.74) is 4.59. The third-order valence-electron chi connectivity index (χ3n) is 6.10. The lowest BCUT2D eigenvalue weighted by molar-refractivity contribution is 0.348. The Morgan fingerprint density at radius 3 is 2.41 bits per heavy atom. The summed E-state index contributed by atoms with van der Waals surface area (Å²) >= 11 is 0. The third kappa shape index (κ3) is 4.27. The maximum absolute atomic E-state index is 13.8. The summed E-state index contributed by atoms with van der Waals surface area (Å²) in [6, 6.07) is 14.8. The second-order valence-electron chi connectivity index (χ2n) is 8.68. The molecule has 1 N–H and O–H groups in total. The van der Waals surface area contributed by atoms with Crippen molar-refractivity contribution in [3.05, 3.63) is 81.1 Å². The molecule has 1 aromatic heterocycles. The van der Waals surface area contributed by atoms with Gasteiger partial charge in [-0.2, -0.15) is 9.40 Å². The van der Waals surface area contributed by atoms with E-state index in [9.17, 15) is 13.2 Å². The number of hydrogen-bond donors (Lipinski definition) is 1. The van der Waals surface area contributed by atoms with E-state index in [4.69, 9.17) is 0 Å². The molecule has 1 aliphatic carbocycles. The highest BCUT2D eigenvalue weighted by Crippen LogP contribution is 2.32. The second kappa shape index (κ2) is 9.00. The summed E-state index contributed by atoms with van der Waals surface area (Å²) in [6.07, 6.45) is 3.50. The Morgan fingerprint density at radius 2 is 1.72 bits per heavy atom. The van der Waals surface area contributed by atoms with Gasteiger partial charge in [0.2, 0.25) is 10.0 Å². The fourth-order valence-electron chi connectivity index (χ4n) is 4.36. The maximum atomic E-state index is 13.8. The van der Waals surface area contributed by atoms with E-state index in [1.807, 2.05) is 63.2 Å². The first-order valence-corrected chi connectivity index (χ1v) is 12.5. The molecule has 32 heavy (non-hydrogen) atoms. The minimum absolute atomic E-state index is 0.141. The van der Waals surface area contributed by atoms with Crippen LogP contribution >= 0.6 is 0 Å². The van der Waals surface area contributed by atoms with Crippen molar-refractivity contribution in [1.82, 2.24) is 14.5 Å². The zero-order valence-corrected chi connectivity index (χ0v) is 19.6. The zero-order valence-electron chi connectivity index (χ0n) is 18.8. The minimum Gasteiger partial charge on any atom is -0.268 e. The molecule has 1 heterocycles. The van der Waals surface area contributed by atoms with Gasteiger partial charge in [0.05, 0.1) is 10.6 Å². The van der Waals surface area contributed by atoms with Crippen molar-refractivity contribution in [2.75, 3.05) is 0 Å². The van der Waals surface area contributed by atoms with Gasteiger partial charge in [-0.3, -0.25) is 4.79 Å². The van der Waals surface area contributed by atoms with E-state index < -0.39 is 10.0 Å². The zero-order chi connectivity index (χ0) is 22.9. The van der Waals surface area contributed by atoms with Crippen molar-refractivity contribution in [2.24, 2.45) is 0 Å². The Balaban J connectivity index is 1.79. The van der Waals surface area contributed by atoms with Crippen molar-refractivity contribution in [1.29, 1.82) is 0 Å². The molecule has 0 spiro atoms. The number of aromatic nitrogens is 2. The van der Waals surface area contributed by atoms with Gasteiger partial charge in [-0.1, -0.05) is 42.5 Å². The molecule has 1 aliphatic rings. The molecule has 4 rings (SSSR count). The molecule has 6 nitrogen and oxygen atoms in total. The summed E-state index contributed by atoms with van der Waals surface area (Å²) in [4.78, 5) is 12.5. The molecule has 7 heteroatoms. The first kappa shape index (κ1) is 22.4. The van der Waals surface area contributed by atoms with Gasteiger partial charge in [0.25, 0.3) is 5.56 Å². The van der Waals surface area contributed by atoms with Crippen LogP contribution in [0.25, 0.3) is 11.3 Å². The molecule has 0 amide bonds. The van der Waals surface area contributed by atoms with Gasteiger partial charge >= 0.3 is 0 Å². The van der Waals surface area contributed by atoms with E-state index in [0.717, 1.165) is 42.4 Å². The molecule has 0 aliphatic heterocycles. The average molecular weight is 452 g/mol. The van der Waals surface area contributed by atoms with Crippen LogP contribution in [0.5, 0.6) is 0 Å². The van der Waals surface area contributed by atoms with Crippen LogP contribution in [-0.2, 0) is 29.4 Å². The van der Waals surface area contributed by atoms with Crippen LogP contribution in [0.15, 0.2) is 58.2 Å². The number of aryl methyl sites for hydroxylation is 1. The van der Waals surface area contributed by atoms with Crippen LogP contribution in [-0.4, -0.2) is 29.0 Å². The number of benzene rings is 2. The number of fused-ring (bicyclic) bond motifs is 1. The van der Waals surface area contributed by atoms with Gasteiger partial charge < -0.3 is 0 Å². The Labute approximate surface area is 189 Å². The fraction of sp³-hybridized carbons (Fsp3) is 0.360. The van der Waals surface area contributed by atoms with Crippen LogP contribution in [0.1, 0.15) is 48.9 Å². The topological polar surface area (TPSA) is 83.1 Å². The summed E-state index contributed by atoms with van der Waals surface area (Å²) in [5, 5.41) is 6.92. The van der Waals surface area contributed by atoms with Crippen molar-refractivity contribution in [2.45, 2.75) is 63.9 Å². The van der Waals surface area contributed by atoms with Gasteiger partial charge in [-0.05, 0) is 69.2 Å². The number of nitrogens with zero attached hydrogens (tertiary/aromatic N) is 2. The summed E-state index contributed by atoms with van der Waals surface area (Å²) in [5.74, 6) is 0. The lowest BCUT2D eigenvalue weighted by Gasteiger charge is -2.27. The first-order chi connectivity index (χ1) is 15.3. The Kier molecular flexibility index (Phi) is 6.31. The SMILES string of the molecule is Cc1ccc(-c2n[nH]c(=O)c3c2CCCC3)cc1S(=O)(=O)N(Cc1ccccc1)C(C)C. The van der Waals surface area contributed by atoms with Gasteiger partial charge in [0, 0.05) is 23.7 Å². The highest BCUT2D eigenvalue weighted by atomic mass is 32.2. The predicted molar refractivity (Wildman–Crippen MR) is 126 cm³/mol. The molecule has 0 unspecified atom stereocenters. The molecule has 2 aromatic carbocycles. The highest BCUT2D eigenvalue weighted by Gasteiger charge is 2.29. The standard InChI is InChI=1S/C25H29N3O3S/c1-17(2)28(16-19-9-5-4-6-10-19)32(30,31)23-15-20(14-13-18(23)3)24-21-11-7-8-12-22(21)25(29)27-26-24/h4-6,9-10,13-15,17H,7-8,11-12,16H2,1-3H3,(H,27,29). The van der Waals surface area contributed by atoms with Crippen molar-refractivity contribution >= 4 is 10.0 Å². The van der Waals surface area contributed by atoms with Gasteiger partial charge in [0.15, 0.2) is 0 Å². The smallest absolute Gasteiger partial charge is 0.267 e. The molecule has 0 saturated carbocycles. The molecule has 3 aromatic rings. The second-order valence-corrected chi connectivity index (χ2v) is 10.5. The van der Waals surface area contributed by atoms with E-state index in [1.54, 1.807) is 6.07 Å². The number of sulfonamides is 1. The van der Waals surface area contributed by atoms with Crippen LogP contribution in [0.3, 0.4) is 0 Å². The van der Waals surface area contributed by atoms with E-state index in [2.05, 4.69) is 10.2 Å². The van der Waals surface area contributed by atoms with Gasteiger partial charge in [0.1, 0.15) is 0 Å². The Hall–Kier alpha value is -2.77. The monoisotopic (exact) mass is 451 g/mol. The molecular formula is C25H29N3O3S. The minimum atomic E-state index is -3.76. The molecule has 0 radical (unpaired) electrons. The van der Waals surface area contributed by atoms with Crippen LogP contribution < -0.4 is 5.56 Å². The van der Waals surface area contributed by atoms with Crippen LogP contribution in [0.2, 0.25) is 0 Å². The molecule has 0 fully saturated rings. The molecule has 0 atom stereocenters. The van der Waals surface area contributed by atoms with Gasteiger partial charge in [-0.25, -0.2) is 13.5 Å². The summed E-state index contributed by atoms with van der Waals surface area (Å²) in [6.45, 7) is 5.89. The lowest BCUT2D eigenvalue weighted by atomic mass is 9.90. The van der Waals surface area contributed by atoms with E-state index >= 15 is 0 Å². The summed E-state index contributed by atoms with van der Waals surface area (Å²) in [7, 11) is -3.76. The number of H-pyrrole nitrogens is 1. The highest BCUT2D eigenvalue weighted by molar-refractivity contribution is 7.89. The lowest BCUT2D eigenvalue weighted by Crippen LogP contribution is -2.36. The van der Waals surface area contributed by atoms with E-state index in [-0.39, 0.29) is 16.5 Å². The molecule has 0 saturated heterocycles. The molecule has 0 bridgehead atoms. The molecular weight excluding hydrogens is 422 g/mol. The number of nitrogens with one attached hydrogen (secondary N) is 1. The Bertz CT molecular complexity index is 1280. The number of hydrogen-bond acceptors (Lipinski definition) is 4. The van der Waals surface area contributed by atoms with Crippen molar-refractivity contribution < 1.29 is 8.42 Å². The first-order valence-electron chi connectivity index (χ1n) is 11.1. The van der Waals surface area contributed by atoms with Crippen LogP contribution in [0.4, 0.5) is 0 Å². The summed E-state index contributed by atoms with van der Waals surface area (Å²) < 4.78 is 29.1. The predicted octanol–water partition coefficient (Wildman–Crippen LogP) is 4.22. The average Bonchev–Trinajstić information content (AvgIpc) is 2.79.